The molecule has 0 bridgehead atoms. The van der Waals surface area contributed by atoms with Crippen molar-refractivity contribution >= 4 is 5.91 Å². The summed E-state index contributed by atoms with van der Waals surface area (Å²) in [7, 11) is 0. The first-order chi connectivity index (χ1) is 29.3. The molecule has 1 heterocycles. The van der Waals surface area contributed by atoms with Crippen LogP contribution in [0.1, 0.15) is 239 Å². The predicted molar refractivity (Wildman–Crippen MR) is 249 cm³/mol. The van der Waals surface area contributed by atoms with E-state index in [1.165, 1.54) is 167 Å². The molecule has 1 rings (SSSR count). The summed E-state index contributed by atoms with van der Waals surface area (Å²) in [6.07, 6.45) is 43.5. The molecule has 60 heavy (non-hydrogen) atoms. The van der Waals surface area contributed by atoms with Crippen molar-refractivity contribution in [3.8, 4) is 0 Å². The smallest absolute Gasteiger partial charge is 0.220 e. The molecule has 0 aromatic heterocycles. The molecule has 9 nitrogen and oxygen atoms in total. The molecule has 1 saturated heterocycles. The number of rotatable bonds is 43. The van der Waals surface area contributed by atoms with Crippen LogP contribution in [0.15, 0.2) is 24.3 Å². The van der Waals surface area contributed by atoms with Crippen LogP contribution in [-0.4, -0.2) is 87.5 Å². The summed E-state index contributed by atoms with van der Waals surface area (Å²) < 4.78 is 11.2. The summed E-state index contributed by atoms with van der Waals surface area (Å²) in [4.78, 5) is 13.0. The number of aliphatic hydroxyl groups excluding tert-OH is 5. The van der Waals surface area contributed by atoms with E-state index in [-0.39, 0.29) is 12.5 Å². The van der Waals surface area contributed by atoms with Crippen LogP contribution in [-0.2, 0) is 14.3 Å². The molecule has 0 spiro atoms. The summed E-state index contributed by atoms with van der Waals surface area (Å²) in [6.45, 7) is 3.82. The monoisotopic (exact) mass is 852 g/mol. The fourth-order valence-corrected chi connectivity index (χ4v) is 8.19. The Morgan fingerprint density at radius 3 is 1.43 bits per heavy atom. The van der Waals surface area contributed by atoms with Gasteiger partial charge in [-0.05, 0) is 44.9 Å². The van der Waals surface area contributed by atoms with Crippen molar-refractivity contribution in [3.63, 3.8) is 0 Å². The van der Waals surface area contributed by atoms with Crippen LogP contribution in [0, 0.1) is 0 Å². The second-order valence-corrected chi connectivity index (χ2v) is 18.0. The number of carbonyl (C=O) groups is 1. The molecule has 0 aliphatic carbocycles. The third-order valence-electron chi connectivity index (χ3n) is 12.3. The van der Waals surface area contributed by atoms with Gasteiger partial charge in [-0.15, -0.1) is 0 Å². The number of unbranched alkanes of at least 4 members (excludes halogenated alkanes) is 29. The molecular formula is C51H97NO8. The molecule has 0 radical (unpaired) electrons. The maximum atomic E-state index is 13.0. The van der Waals surface area contributed by atoms with Crippen molar-refractivity contribution in [2.45, 2.75) is 281 Å². The summed E-state index contributed by atoms with van der Waals surface area (Å²) in [6, 6.07) is -0.716. The molecule has 1 aliphatic heterocycles. The number of allylic oxidation sites excluding steroid dienone is 4. The molecule has 0 aromatic carbocycles. The highest BCUT2D eigenvalue weighted by Gasteiger charge is 2.44. The van der Waals surface area contributed by atoms with Gasteiger partial charge < -0.3 is 40.3 Å². The number of hydrogen-bond donors (Lipinski definition) is 6. The van der Waals surface area contributed by atoms with E-state index in [0.717, 1.165) is 44.9 Å². The van der Waals surface area contributed by atoms with E-state index >= 15 is 0 Å². The minimum atomic E-state index is -1.55. The lowest BCUT2D eigenvalue weighted by Gasteiger charge is -2.40. The zero-order valence-corrected chi connectivity index (χ0v) is 39.0. The minimum absolute atomic E-state index is 0.137. The zero-order chi connectivity index (χ0) is 43.7. The largest absolute Gasteiger partial charge is 0.394 e. The van der Waals surface area contributed by atoms with Gasteiger partial charge in [0.25, 0.3) is 0 Å². The van der Waals surface area contributed by atoms with E-state index in [4.69, 9.17) is 9.47 Å². The fourth-order valence-electron chi connectivity index (χ4n) is 8.19. The van der Waals surface area contributed by atoms with Crippen LogP contribution in [0.25, 0.3) is 0 Å². The Balaban J connectivity index is 2.17. The van der Waals surface area contributed by atoms with Gasteiger partial charge in [-0.3, -0.25) is 4.79 Å². The normalized spacial score (nSPS) is 20.7. The van der Waals surface area contributed by atoms with Crippen LogP contribution in [0.4, 0.5) is 0 Å². The van der Waals surface area contributed by atoms with Crippen LogP contribution < -0.4 is 5.32 Å². The predicted octanol–water partition coefficient (Wildman–Crippen LogP) is 11.5. The molecule has 7 atom stereocenters. The first-order valence-corrected chi connectivity index (χ1v) is 25.5. The van der Waals surface area contributed by atoms with Gasteiger partial charge >= 0.3 is 0 Å². The fraction of sp³-hybridized carbons (Fsp3) is 0.902. The Morgan fingerprint density at radius 1 is 0.567 bits per heavy atom. The van der Waals surface area contributed by atoms with Gasteiger partial charge in [0, 0.05) is 6.42 Å². The van der Waals surface area contributed by atoms with Gasteiger partial charge in [0.1, 0.15) is 24.4 Å². The molecule has 1 fully saturated rings. The van der Waals surface area contributed by atoms with Crippen LogP contribution in [0.5, 0.6) is 0 Å². The SMILES string of the molecule is CCCCCCCCCCC/C=C\C/C=C\CCCCCCCCCCCCCC(=O)NC(COC1OC(CO)C(O)C(O)C1O)C(O)CCCCCCCCCCCC. The van der Waals surface area contributed by atoms with Gasteiger partial charge in [0.2, 0.25) is 5.91 Å². The van der Waals surface area contributed by atoms with Crippen molar-refractivity contribution in [2.75, 3.05) is 13.2 Å². The lowest BCUT2D eigenvalue weighted by Crippen LogP contribution is -2.60. The molecule has 7 unspecified atom stereocenters. The van der Waals surface area contributed by atoms with Gasteiger partial charge in [-0.2, -0.15) is 0 Å². The number of aliphatic hydroxyl groups is 5. The van der Waals surface area contributed by atoms with Crippen molar-refractivity contribution in [1.29, 1.82) is 0 Å². The van der Waals surface area contributed by atoms with Gasteiger partial charge in [-0.1, -0.05) is 212 Å². The average molecular weight is 852 g/mol. The highest BCUT2D eigenvalue weighted by molar-refractivity contribution is 5.76. The summed E-state index contributed by atoms with van der Waals surface area (Å²) >= 11 is 0. The van der Waals surface area contributed by atoms with Gasteiger partial charge in [-0.25, -0.2) is 0 Å². The third-order valence-corrected chi connectivity index (χ3v) is 12.3. The van der Waals surface area contributed by atoms with Crippen molar-refractivity contribution in [2.24, 2.45) is 0 Å². The highest BCUT2D eigenvalue weighted by atomic mass is 16.7. The van der Waals surface area contributed by atoms with Crippen LogP contribution in [0.2, 0.25) is 0 Å². The second kappa shape index (κ2) is 41.7. The minimum Gasteiger partial charge on any atom is -0.394 e. The standard InChI is InChI=1S/C51H97NO8/c1-3-5-7-9-11-13-15-16-17-18-19-20-21-22-23-24-25-26-27-28-29-30-31-33-35-37-39-41-47(55)52-44(43-59-51-50(58)49(57)48(56)46(42-53)60-51)45(54)40-38-36-34-32-14-12-10-8-6-4-2/h19-20,22-23,44-46,48-51,53-54,56-58H,3-18,21,24-43H2,1-2H3,(H,52,55)/b20-19-,23-22-. The number of ether oxygens (including phenoxy) is 2. The van der Waals surface area contributed by atoms with E-state index in [0.29, 0.717) is 12.8 Å². The first-order valence-electron chi connectivity index (χ1n) is 25.5. The summed E-state index contributed by atoms with van der Waals surface area (Å²) in [5.74, 6) is -0.147. The second-order valence-electron chi connectivity index (χ2n) is 18.0. The van der Waals surface area contributed by atoms with E-state index < -0.39 is 49.5 Å². The van der Waals surface area contributed by atoms with E-state index in [2.05, 4.69) is 43.5 Å². The van der Waals surface area contributed by atoms with Crippen LogP contribution >= 0.6 is 0 Å². The Kier molecular flexibility index (Phi) is 39.4. The van der Waals surface area contributed by atoms with E-state index in [1.807, 2.05) is 0 Å². The van der Waals surface area contributed by atoms with E-state index in [9.17, 15) is 30.3 Å². The van der Waals surface area contributed by atoms with Crippen molar-refractivity contribution < 1.29 is 39.8 Å². The Bertz CT molecular complexity index is 992. The molecule has 354 valence electrons. The Hall–Kier alpha value is -1.33. The average Bonchev–Trinajstić information content (AvgIpc) is 3.25. The van der Waals surface area contributed by atoms with Crippen molar-refractivity contribution in [1.82, 2.24) is 5.32 Å². The number of amides is 1. The molecule has 6 N–H and O–H groups in total. The number of hydrogen-bond acceptors (Lipinski definition) is 8. The first kappa shape index (κ1) is 56.7. The molecule has 9 heteroatoms. The topological polar surface area (TPSA) is 149 Å². The molecule has 0 aromatic rings. The number of carbonyl (C=O) groups excluding carboxylic acids is 1. The van der Waals surface area contributed by atoms with Gasteiger partial charge in [0.15, 0.2) is 6.29 Å². The Morgan fingerprint density at radius 2 is 0.983 bits per heavy atom. The van der Waals surface area contributed by atoms with Gasteiger partial charge in [0.05, 0.1) is 25.4 Å². The summed E-state index contributed by atoms with van der Waals surface area (Å²) in [5.41, 5.74) is 0. The van der Waals surface area contributed by atoms with E-state index in [1.54, 1.807) is 0 Å². The highest BCUT2D eigenvalue weighted by Crippen LogP contribution is 2.23. The lowest BCUT2D eigenvalue weighted by atomic mass is 9.99. The molecule has 0 saturated carbocycles. The Labute approximate surface area is 369 Å². The lowest BCUT2D eigenvalue weighted by molar-refractivity contribution is -0.302. The maximum absolute atomic E-state index is 13.0. The number of nitrogens with one attached hydrogen (secondary N) is 1. The molecule has 1 aliphatic rings. The maximum Gasteiger partial charge on any atom is 0.220 e. The third kappa shape index (κ3) is 31.5. The van der Waals surface area contributed by atoms with Crippen molar-refractivity contribution in [3.05, 3.63) is 24.3 Å². The molecule has 1 amide bonds. The quantitative estimate of drug-likeness (QED) is 0.0262. The zero-order valence-electron chi connectivity index (χ0n) is 39.0. The summed E-state index contributed by atoms with van der Waals surface area (Å²) in [5, 5.41) is 54.3. The molecular weight excluding hydrogens is 755 g/mol. The van der Waals surface area contributed by atoms with Crippen LogP contribution in [0.3, 0.4) is 0 Å².